The quantitative estimate of drug-likeness (QED) is 0.859. The summed E-state index contributed by atoms with van der Waals surface area (Å²) in [5.41, 5.74) is 1.83. The molecule has 0 spiro atoms. The number of anilines is 1. The maximum Gasteiger partial charge on any atom is 0.137 e. The van der Waals surface area contributed by atoms with E-state index in [9.17, 15) is 0 Å². The lowest BCUT2D eigenvalue weighted by molar-refractivity contribution is 0.181. The molecular formula is C14H18N4O. The molecule has 5 heteroatoms. The van der Waals surface area contributed by atoms with Crippen LogP contribution in [0.1, 0.15) is 24.1 Å². The van der Waals surface area contributed by atoms with Gasteiger partial charge in [-0.25, -0.2) is 9.97 Å². The molecule has 0 saturated heterocycles. The monoisotopic (exact) mass is 258 g/mol. The minimum Gasteiger partial charge on any atom is -0.378 e. The average Bonchev–Trinajstić information content (AvgIpc) is 2.40. The Bertz CT molecular complexity index is 492. The first kappa shape index (κ1) is 13.4. The number of ether oxygens (including phenoxy) is 1. The van der Waals surface area contributed by atoms with Gasteiger partial charge in [-0.05, 0) is 19.1 Å². The first-order valence-electron chi connectivity index (χ1n) is 6.31. The molecule has 0 aliphatic carbocycles. The normalized spacial score (nSPS) is 10.4. The summed E-state index contributed by atoms with van der Waals surface area (Å²) in [6, 6.07) is 7.75. The van der Waals surface area contributed by atoms with Gasteiger partial charge in [0.25, 0.3) is 0 Å². The van der Waals surface area contributed by atoms with Crippen molar-refractivity contribution in [3.63, 3.8) is 0 Å². The van der Waals surface area contributed by atoms with Crippen molar-refractivity contribution < 1.29 is 4.74 Å². The fraction of sp³-hybridized carbons (Fsp3) is 0.357. The van der Waals surface area contributed by atoms with Crippen LogP contribution in [0.25, 0.3) is 0 Å². The van der Waals surface area contributed by atoms with Crippen molar-refractivity contribution in [2.75, 3.05) is 19.0 Å². The number of pyridine rings is 1. The van der Waals surface area contributed by atoms with Gasteiger partial charge in [-0.2, -0.15) is 0 Å². The van der Waals surface area contributed by atoms with E-state index in [0.717, 1.165) is 29.6 Å². The predicted molar refractivity (Wildman–Crippen MR) is 74.0 cm³/mol. The lowest BCUT2D eigenvalue weighted by atomic mass is 10.2. The summed E-state index contributed by atoms with van der Waals surface area (Å²) in [5, 5.41) is 3.21. The summed E-state index contributed by atoms with van der Waals surface area (Å²) in [6.07, 6.45) is 2.40. The zero-order valence-electron chi connectivity index (χ0n) is 11.3. The van der Waals surface area contributed by atoms with Crippen molar-refractivity contribution in [3.8, 4) is 0 Å². The topological polar surface area (TPSA) is 59.9 Å². The van der Waals surface area contributed by atoms with Crippen LogP contribution in [-0.2, 0) is 17.8 Å². The van der Waals surface area contributed by atoms with E-state index in [1.54, 1.807) is 13.3 Å². The van der Waals surface area contributed by atoms with Crippen molar-refractivity contribution in [1.82, 2.24) is 15.0 Å². The van der Waals surface area contributed by atoms with Crippen LogP contribution >= 0.6 is 0 Å². The van der Waals surface area contributed by atoms with Gasteiger partial charge >= 0.3 is 0 Å². The van der Waals surface area contributed by atoms with Crippen molar-refractivity contribution in [3.05, 3.63) is 47.7 Å². The third-order valence-corrected chi connectivity index (χ3v) is 2.54. The summed E-state index contributed by atoms with van der Waals surface area (Å²) < 4.78 is 5.13. The third-order valence-electron chi connectivity index (χ3n) is 2.54. The Balaban J connectivity index is 2.23. The number of nitrogens with one attached hydrogen (secondary N) is 1. The second kappa shape index (κ2) is 6.80. The van der Waals surface area contributed by atoms with E-state index in [1.807, 2.05) is 31.2 Å². The Morgan fingerprint density at radius 2 is 2.11 bits per heavy atom. The number of rotatable bonds is 6. The molecule has 0 saturated carbocycles. The highest BCUT2D eigenvalue weighted by molar-refractivity contribution is 5.36. The first-order valence-corrected chi connectivity index (χ1v) is 6.31. The van der Waals surface area contributed by atoms with E-state index in [2.05, 4.69) is 20.3 Å². The molecule has 19 heavy (non-hydrogen) atoms. The van der Waals surface area contributed by atoms with Gasteiger partial charge in [-0.3, -0.25) is 4.98 Å². The van der Waals surface area contributed by atoms with Gasteiger partial charge in [-0.15, -0.1) is 0 Å². The van der Waals surface area contributed by atoms with Crippen LogP contribution in [0, 0.1) is 0 Å². The molecule has 2 aromatic rings. The lowest BCUT2D eigenvalue weighted by Gasteiger charge is -2.08. The summed E-state index contributed by atoms with van der Waals surface area (Å²) in [5.74, 6) is 1.58. The number of hydrogen-bond acceptors (Lipinski definition) is 5. The van der Waals surface area contributed by atoms with Crippen LogP contribution in [-0.4, -0.2) is 28.6 Å². The predicted octanol–water partition coefficient (Wildman–Crippen LogP) is 2.04. The molecule has 2 aromatic heterocycles. The fourth-order valence-corrected chi connectivity index (χ4v) is 1.79. The molecule has 5 nitrogen and oxygen atoms in total. The first-order chi connectivity index (χ1) is 9.31. The molecule has 0 amide bonds. The maximum absolute atomic E-state index is 5.13. The lowest BCUT2D eigenvalue weighted by Crippen LogP contribution is -2.07. The Morgan fingerprint density at radius 1 is 1.21 bits per heavy atom. The molecule has 0 fully saturated rings. The van der Waals surface area contributed by atoms with E-state index in [1.165, 1.54) is 0 Å². The van der Waals surface area contributed by atoms with Gasteiger partial charge in [-0.1, -0.05) is 6.07 Å². The molecular weight excluding hydrogens is 240 g/mol. The van der Waals surface area contributed by atoms with Crippen LogP contribution in [0.2, 0.25) is 0 Å². The largest absolute Gasteiger partial charge is 0.378 e. The molecule has 2 heterocycles. The van der Waals surface area contributed by atoms with Crippen molar-refractivity contribution >= 4 is 5.82 Å². The summed E-state index contributed by atoms with van der Waals surface area (Å²) in [6.45, 7) is 3.35. The Kier molecular flexibility index (Phi) is 4.80. The Hall–Kier alpha value is -2.01. The van der Waals surface area contributed by atoms with E-state index in [-0.39, 0.29) is 0 Å². The molecule has 0 aliphatic heterocycles. The van der Waals surface area contributed by atoms with Crippen LogP contribution in [0.3, 0.4) is 0 Å². The second-order valence-electron chi connectivity index (χ2n) is 4.12. The zero-order chi connectivity index (χ0) is 13.5. The molecule has 0 aromatic carbocycles. The van der Waals surface area contributed by atoms with E-state index >= 15 is 0 Å². The van der Waals surface area contributed by atoms with Crippen LogP contribution in [0.5, 0.6) is 0 Å². The van der Waals surface area contributed by atoms with Gasteiger partial charge in [0, 0.05) is 31.6 Å². The van der Waals surface area contributed by atoms with Gasteiger partial charge in [0.1, 0.15) is 11.6 Å². The highest BCUT2D eigenvalue weighted by atomic mass is 16.5. The number of aromatic nitrogens is 3. The molecule has 1 N–H and O–H groups in total. The smallest absolute Gasteiger partial charge is 0.137 e. The summed E-state index contributed by atoms with van der Waals surface area (Å²) in [4.78, 5) is 13.3. The van der Waals surface area contributed by atoms with E-state index in [4.69, 9.17) is 4.74 Å². The van der Waals surface area contributed by atoms with Crippen LogP contribution < -0.4 is 5.32 Å². The molecule has 0 radical (unpaired) electrons. The molecule has 100 valence electrons. The minimum atomic E-state index is 0.482. The molecule has 0 unspecified atom stereocenters. The summed E-state index contributed by atoms with van der Waals surface area (Å²) >= 11 is 0. The Labute approximate surface area is 113 Å². The zero-order valence-corrected chi connectivity index (χ0v) is 11.3. The van der Waals surface area contributed by atoms with E-state index < -0.39 is 0 Å². The van der Waals surface area contributed by atoms with Crippen molar-refractivity contribution in [2.45, 2.75) is 20.0 Å². The third kappa shape index (κ3) is 3.99. The summed E-state index contributed by atoms with van der Waals surface area (Å²) in [7, 11) is 1.66. The van der Waals surface area contributed by atoms with Gasteiger partial charge < -0.3 is 10.1 Å². The number of methoxy groups -OCH3 is 1. The molecule has 0 aliphatic rings. The van der Waals surface area contributed by atoms with Crippen LogP contribution in [0.15, 0.2) is 30.5 Å². The SMILES string of the molecule is CCNc1cc(COC)nc(Cc2ccccn2)n1. The van der Waals surface area contributed by atoms with Crippen LogP contribution in [0.4, 0.5) is 5.82 Å². The average molecular weight is 258 g/mol. The van der Waals surface area contributed by atoms with Gasteiger partial charge in [0.2, 0.25) is 0 Å². The van der Waals surface area contributed by atoms with Gasteiger partial charge in [0.15, 0.2) is 0 Å². The second-order valence-corrected chi connectivity index (χ2v) is 4.12. The molecule has 0 bridgehead atoms. The van der Waals surface area contributed by atoms with E-state index in [0.29, 0.717) is 13.0 Å². The fourth-order valence-electron chi connectivity index (χ4n) is 1.79. The highest BCUT2D eigenvalue weighted by Crippen LogP contribution is 2.10. The minimum absolute atomic E-state index is 0.482. The van der Waals surface area contributed by atoms with Gasteiger partial charge in [0.05, 0.1) is 18.7 Å². The molecule has 0 atom stereocenters. The molecule has 2 rings (SSSR count). The maximum atomic E-state index is 5.13. The standard InChI is InChI=1S/C14H18N4O/c1-3-15-13-9-12(10-19-2)17-14(18-13)8-11-6-4-5-7-16-11/h4-7,9H,3,8,10H2,1-2H3,(H,15,17,18). The number of hydrogen-bond donors (Lipinski definition) is 1. The van der Waals surface area contributed by atoms with Crippen molar-refractivity contribution in [2.24, 2.45) is 0 Å². The number of nitrogens with zero attached hydrogens (tertiary/aromatic N) is 3. The Morgan fingerprint density at radius 3 is 2.79 bits per heavy atom. The van der Waals surface area contributed by atoms with Crippen molar-refractivity contribution in [1.29, 1.82) is 0 Å². The highest BCUT2D eigenvalue weighted by Gasteiger charge is 2.06.